The maximum Gasteiger partial charge on any atom is 0.191 e. The molecule has 0 amide bonds. The summed E-state index contributed by atoms with van der Waals surface area (Å²) in [6, 6.07) is 4.30. The van der Waals surface area contributed by atoms with E-state index in [1.165, 1.54) is 24.0 Å². The van der Waals surface area contributed by atoms with Gasteiger partial charge in [-0.2, -0.15) is 0 Å². The molecule has 1 saturated heterocycles. The molecule has 1 heterocycles. The third-order valence-corrected chi connectivity index (χ3v) is 6.76. The highest BCUT2D eigenvalue weighted by Crippen LogP contribution is 2.52. The summed E-state index contributed by atoms with van der Waals surface area (Å²) in [5, 5.41) is 17.5. The molecule has 1 aromatic carbocycles. The Hall–Kier alpha value is -1.75. The first kappa shape index (κ1) is 18.6. The van der Waals surface area contributed by atoms with Gasteiger partial charge in [0.1, 0.15) is 5.75 Å². The number of hydrogen-bond acceptors (Lipinski definition) is 3. The van der Waals surface area contributed by atoms with E-state index >= 15 is 0 Å². The number of phenols is 1. The van der Waals surface area contributed by atoms with Crippen LogP contribution in [-0.2, 0) is 24.1 Å². The largest absolute Gasteiger partial charge is 0.508 e. The first-order chi connectivity index (χ1) is 13.0. The van der Waals surface area contributed by atoms with Crippen LogP contribution < -0.4 is 10.6 Å². The number of ether oxygens (including phenoxy) is 1. The van der Waals surface area contributed by atoms with Crippen LogP contribution in [0, 0.1) is 11.3 Å². The molecule has 0 aromatic heterocycles. The molecule has 5 heteroatoms. The maximum absolute atomic E-state index is 10.4. The third kappa shape index (κ3) is 3.31. The lowest BCUT2D eigenvalue weighted by molar-refractivity contribution is -0.106. The molecule has 2 aliphatic carbocycles. The summed E-state index contributed by atoms with van der Waals surface area (Å²) in [4.78, 5) is 4.85. The normalized spacial score (nSPS) is 28.9. The molecule has 27 heavy (non-hydrogen) atoms. The second-order valence-electron chi connectivity index (χ2n) is 8.79. The van der Waals surface area contributed by atoms with Gasteiger partial charge in [0.05, 0.1) is 12.6 Å². The lowest BCUT2D eigenvalue weighted by Gasteiger charge is -2.54. The zero-order valence-electron chi connectivity index (χ0n) is 16.8. The molecule has 2 fully saturated rings. The molecule has 1 aromatic rings. The van der Waals surface area contributed by atoms with Gasteiger partial charge in [0, 0.05) is 36.1 Å². The van der Waals surface area contributed by atoms with Crippen LogP contribution >= 0.6 is 0 Å². The Morgan fingerprint density at radius 2 is 2.11 bits per heavy atom. The average Bonchev–Trinajstić information content (AvgIpc) is 3.12. The molecule has 0 radical (unpaired) electrons. The van der Waals surface area contributed by atoms with E-state index in [1.807, 2.05) is 6.07 Å². The van der Waals surface area contributed by atoms with Crippen LogP contribution in [0.25, 0.3) is 0 Å². The Morgan fingerprint density at radius 1 is 1.30 bits per heavy atom. The third-order valence-electron chi connectivity index (χ3n) is 6.76. The topological polar surface area (TPSA) is 65.9 Å². The van der Waals surface area contributed by atoms with E-state index in [2.05, 4.69) is 37.5 Å². The number of nitrogens with one attached hydrogen (secondary N) is 2. The number of aliphatic imine (C=N–C) groups is 1. The van der Waals surface area contributed by atoms with E-state index in [1.54, 1.807) is 0 Å². The zero-order valence-corrected chi connectivity index (χ0v) is 16.8. The van der Waals surface area contributed by atoms with Crippen LogP contribution in [0.3, 0.4) is 0 Å². The molecule has 1 saturated carbocycles. The summed E-state index contributed by atoms with van der Waals surface area (Å²) in [5.74, 6) is 1.79. The van der Waals surface area contributed by atoms with Crippen molar-refractivity contribution in [3.8, 4) is 5.75 Å². The van der Waals surface area contributed by atoms with Crippen LogP contribution in [0.15, 0.2) is 17.1 Å². The number of benzene rings is 1. The number of nitrogens with zero attached hydrogens (tertiary/aromatic N) is 1. The van der Waals surface area contributed by atoms with Gasteiger partial charge in [-0.1, -0.05) is 19.9 Å². The Bertz CT molecular complexity index is 729. The zero-order chi connectivity index (χ0) is 19.0. The number of aryl methyl sites for hydroxylation is 1. The van der Waals surface area contributed by atoms with Gasteiger partial charge in [-0.25, -0.2) is 4.99 Å². The fourth-order valence-corrected chi connectivity index (χ4v) is 5.31. The van der Waals surface area contributed by atoms with E-state index in [-0.39, 0.29) is 5.41 Å². The lowest BCUT2D eigenvalue weighted by atomic mass is 9.57. The van der Waals surface area contributed by atoms with Crippen LogP contribution in [0.1, 0.15) is 56.7 Å². The van der Waals surface area contributed by atoms with Crippen molar-refractivity contribution in [2.75, 3.05) is 13.2 Å². The summed E-state index contributed by atoms with van der Waals surface area (Å²) in [6.07, 6.45) is 6.09. The minimum absolute atomic E-state index is 0.116. The number of rotatable bonds is 4. The standard InChI is InChI=1S/C22H33N3O2/c1-4-23-21(25-19-16-11-12-27-20(16)22(19,2)3)24-13-17-15-8-6-5-7-14(15)9-10-18(17)26/h9-10,16,19-20,26H,4-8,11-13H2,1-3H3,(H2,23,24,25). The molecule has 0 bridgehead atoms. The van der Waals surface area contributed by atoms with Gasteiger partial charge >= 0.3 is 0 Å². The highest BCUT2D eigenvalue weighted by atomic mass is 16.5. The molecule has 3 atom stereocenters. The van der Waals surface area contributed by atoms with Gasteiger partial charge in [-0.3, -0.25) is 0 Å². The van der Waals surface area contributed by atoms with Crippen molar-refractivity contribution in [1.82, 2.24) is 10.6 Å². The molecule has 148 valence electrons. The van der Waals surface area contributed by atoms with E-state index in [4.69, 9.17) is 9.73 Å². The molecule has 4 rings (SSSR count). The summed E-state index contributed by atoms with van der Waals surface area (Å²) < 4.78 is 5.91. The second kappa shape index (κ2) is 7.34. The Balaban J connectivity index is 1.52. The lowest BCUT2D eigenvalue weighted by Crippen LogP contribution is -2.67. The monoisotopic (exact) mass is 371 g/mol. The molecule has 1 aliphatic heterocycles. The number of aromatic hydroxyl groups is 1. The van der Waals surface area contributed by atoms with E-state index in [9.17, 15) is 5.11 Å². The Kier molecular flexibility index (Phi) is 5.06. The average molecular weight is 372 g/mol. The first-order valence-electron chi connectivity index (χ1n) is 10.5. The van der Waals surface area contributed by atoms with Crippen molar-refractivity contribution < 1.29 is 9.84 Å². The highest BCUT2D eigenvalue weighted by molar-refractivity contribution is 5.80. The molecular formula is C22H33N3O2. The fourth-order valence-electron chi connectivity index (χ4n) is 5.31. The number of phenolic OH excluding ortho intramolecular Hbond substituents is 1. The molecule has 5 nitrogen and oxygen atoms in total. The number of fused-ring (bicyclic) bond motifs is 2. The van der Waals surface area contributed by atoms with Gasteiger partial charge in [0.2, 0.25) is 0 Å². The van der Waals surface area contributed by atoms with E-state index in [0.717, 1.165) is 43.9 Å². The smallest absolute Gasteiger partial charge is 0.191 e. The predicted molar refractivity (Wildman–Crippen MR) is 108 cm³/mol. The van der Waals surface area contributed by atoms with Crippen molar-refractivity contribution >= 4 is 5.96 Å². The SMILES string of the molecule is CCNC(=NCc1c(O)ccc2c1CCCC2)NC1C2CCOC2C1(C)C. The van der Waals surface area contributed by atoms with Crippen LogP contribution in [0.4, 0.5) is 0 Å². The molecular weight excluding hydrogens is 338 g/mol. The van der Waals surface area contributed by atoms with Gasteiger partial charge in [-0.05, 0) is 56.2 Å². The van der Waals surface area contributed by atoms with Gasteiger partial charge in [-0.15, -0.1) is 0 Å². The van der Waals surface area contributed by atoms with Gasteiger partial charge in [0.25, 0.3) is 0 Å². The van der Waals surface area contributed by atoms with Gasteiger partial charge in [0.15, 0.2) is 5.96 Å². The van der Waals surface area contributed by atoms with Gasteiger partial charge < -0.3 is 20.5 Å². The summed E-state index contributed by atoms with van der Waals surface area (Å²) >= 11 is 0. The Labute approximate surface area is 162 Å². The summed E-state index contributed by atoms with van der Waals surface area (Å²) in [5.41, 5.74) is 3.81. The van der Waals surface area contributed by atoms with Crippen LogP contribution in [0.2, 0.25) is 0 Å². The predicted octanol–water partition coefficient (Wildman–Crippen LogP) is 3.14. The van der Waals surface area contributed by atoms with E-state index < -0.39 is 0 Å². The Morgan fingerprint density at radius 3 is 2.93 bits per heavy atom. The van der Waals surface area contributed by atoms with Crippen molar-refractivity contribution in [3.63, 3.8) is 0 Å². The minimum atomic E-state index is 0.116. The number of guanidine groups is 1. The second-order valence-corrected chi connectivity index (χ2v) is 8.79. The first-order valence-corrected chi connectivity index (χ1v) is 10.5. The molecule has 0 spiro atoms. The van der Waals surface area contributed by atoms with Crippen molar-refractivity contribution in [2.24, 2.45) is 16.3 Å². The maximum atomic E-state index is 10.4. The van der Waals surface area contributed by atoms with Crippen molar-refractivity contribution in [2.45, 2.75) is 71.6 Å². The van der Waals surface area contributed by atoms with E-state index in [0.29, 0.717) is 30.4 Å². The summed E-state index contributed by atoms with van der Waals surface area (Å²) in [7, 11) is 0. The highest BCUT2D eigenvalue weighted by Gasteiger charge is 2.59. The van der Waals surface area contributed by atoms with Crippen LogP contribution in [-0.4, -0.2) is 36.4 Å². The van der Waals surface area contributed by atoms with Crippen molar-refractivity contribution in [1.29, 1.82) is 0 Å². The fraction of sp³-hybridized carbons (Fsp3) is 0.682. The van der Waals surface area contributed by atoms with Crippen molar-refractivity contribution in [3.05, 3.63) is 28.8 Å². The summed E-state index contributed by atoms with van der Waals surface area (Å²) in [6.45, 7) is 8.85. The number of hydrogen-bond donors (Lipinski definition) is 3. The molecule has 3 unspecified atom stereocenters. The minimum Gasteiger partial charge on any atom is -0.508 e. The quantitative estimate of drug-likeness (QED) is 0.562. The molecule has 3 N–H and O–H groups in total. The van der Waals surface area contributed by atoms with Crippen LogP contribution in [0.5, 0.6) is 5.75 Å². The molecule has 3 aliphatic rings.